The van der Waals surface area contributed by atoms with E-state index in [-0.39, 0.29) is 5.92 Å². The molecule has 1 atom stereocenters. The summed E-state index contributed by atoms with van der Waals surface area (Å²) in [4.78, 5) is 8.30. The van der Waals surface area contributed by atoms with E-state index in [1.165, 1.54) is 4.88 Å². The Bertz CT molecular complexity index is 944. The van der Waals surface area contributed by atoms with Crippen LogP contribution in [0.2, 0.25) is 0 Å². The topological polar surface area (TPSA) is 42.2 Å². The molecule has 0 N–H and O–H groups in total. The monoisotopic (exact) mass is 389 g/mol. The summed E-state index contributed by atoms with van der Waals surface area (Å²) in [5.74, 6) is 1.29. The van der Waals surface area contributed by atoms with Gasteiger partial charge in [-0.1, -0.05) is 71.9 Å². The quantitative estimate of drug-likeness (QED) is 0.418. The molecule has 0 aliphatic carbocycles. The van der Waals surface area contributed by atoms with Crippen LogP contribution in [-0.2, 0) is 6.54 Å². The normalized spacial score (nSPS) is 12.6. The van der Waals surface area contributed by atoms with Crippen molar-refractivity contribution in [2.24, 2.45) is 0 Å². The van der Waals surface area contributed by atoms with E-state index in [0.717, 1.165) is 11.1 Å². The van der Waals surface area contributed by atoms with Crippen molar-refractivity contribution in [2.75, 3.05) is 7.05 Å². The van der Waals surface area contributed by atoms with Crippen molar-refractivity contribution in [3.8, 4) is 0 Å². The molecule has 0 spiro atoms. The van der Waals surface area contributed by atoms with E-state index in [9.17, 15) is 0 Å². The van der Waals surface area contributed by atoms with Gasteiger partial charge >= 0.3 is 0 Å². The predicted molar refractivity (Wildman–Crippen MR) is 112 cm³/mol. The summed E-state index contributed by atoms with van der Waals surface area (Å²) in [5.41, 5.74) is 2.31. The van der Waals surface area contributed by atoms with Crippen LogP contribution in [0.25, 0.3) is 0 Å². The van der Waals surface area contributed by atoms with Gasteiger partial charge in [0.1, 0.15) is 0 Å². The zero-order valence-corrected chi connectivity index (χ0v) is 16.8. The lowest BCUT2D eigenvalue weighted by Gasteiger charge is -2.21. The molecule has 1 unspecified atom stereocenters. The number of thiophene rings is 1. The Morgan fingerprint density at radius 3 is 2.14 bits per heavy atom. The summed E-state index contributed by atoms with van der Waals surface area (Å²) < 4.78 is 5.63. The molecule has 0 saturated heterocycles. The van der Waals surface area contributed by atoms with Crippen LogP contribution in [0.3, 0.4) is 0 Å². The summed E-state index contributed by atoms with van der Waals surface area (Å²) >= 11 is 1.77. The van der Waals surface area contributed by atoms with Crippen LogP contribution >= 0.6 is 11.3 Å². The van der Waals surface area contributed by atoms with Crippen LogP contribution in [0.15, 0.2) is 82.7 Å². The summed E-state index contributed by atoms with van der Waals surface area (Å²) in [5, 5.41) is 6.44. The van der Waals surface area contributed by atoms with Crippen molar-refractivity contribution in [3.63, 3.8) is 0 Å². The second-order valence-corrected chi connectivity index (χ2v) is 7.89. The predicted octanol–water partition coefficient (Wildman–Crippen LogP) is 5.50. The summed E-state index contributed by atoms with van der Waals surface area (Å²) in [6.07, 6.45) is 0. The average molecular weight is 390 g/mol. The Hall–Kier alpha value is -2.76. The molecule has 0 saturated carbocycles. The first-order valence-electron chi connectivity index (χ1n) is 9.38. The number of benzene rings is 2. The highest BCUT2D eigenvalue weighted by Crippen LogP contribution is 2.30. The lowest BCUT2D eigenvalue weighted by atomic mass is 9.91. The van der Waals surface area contributed by atoms with Crippen LogP contribution < -0.4 is 0 Å². The standard InChI is InChI=1S/C23H23N3OS/c1-17(20-14-9-15-28-20)26(2)16-21-24-23(25-27-21)22(18-10-5-3-6-11-18)19-12-7-4-8-13-19/h3-15,17,22H,16H2,1-2H3. The van der Waals surface area contributed by atoms with Crippen LogP contribution in [0.1, 0.15) is 46.6 Å². The van der Waals surface area contributed by atoms with Gasteiger partial charge in [0.2, 0.25) is 5.89 Å². The molecule has 0 aliphatic heterocycles. The third-order valence-electron chi connectivity index (χ3n) is 5.01. The number of hydrogen-bond acceptors (Lipinski definition) is 5. The molecular weight excluding hydrogens is 366 g/mol. The molecule has 142 valence electrons. The second-order valence-electron chi connectivity index (χ2n) is 6.91. The molecule has 2 aromatic heterocycles. The van der Waals surface area contributed by atoms with E-state index in [4.69, 9.17) is 9.51 Å². The van der Waals surface area contributed by atoms with Crippen molar-refractivity contribution in [1.82, 2.24) is 15.0 Å². The maximum Gasteiger partial charge on any atom is 0.240 e. The third kappa shape index (κ3) is 4.06. The van der Waals surface area contributed by atoms with Gasteiger partial charge in [-0.2, -0.15) is 4.98 Å². The first-order valence-corrected chi connectivity index (χ1v) is 10.3. The molecule has 0 fully saturated rings. The van der Waals surface area contributed by atoms with Crippen LogP contribution in [-0.4, -0.2) is 22.1 Å². The third-order valence-corrected chi connectivity index (χ3v) is 6.05. The maximum absolute atomic E-state index is 5.63. The molecule has 0 aliphatic rings. The zero-order chi connectivity index (χ0) is 19.3. The smallest absolute Gasteiger partial charge is 0.240 e. The Morgan fingerprint density at radius 2 is 1.57 bits per heavy atom. The first kappa shape index (κ1) is 18.6. The average Bonchev–Trinajstić information content (AvgIpc) is 3.42. The lowest BCUT2D eigenvalue weighted by molar-refractivity contribution is 0.218. The molecule has 0 radical (unpaired) electrons. The second kappa shape index (κ2) is 8.50. The van der Waals surface area contributed by atoms with E-state index in [1.54, 1.807) is 11.3 Å². The Labute approximate surface area is 169 Å². The van der Waals surface area contributed by atoms with Gasteiger partial charge in [-0.25, -0.2) is 0 Å². The lowest BCUT2D eigenvalue weighted by Crippen LogP contribution is -2.21. The van der Waals surface area contributed by atoms with E-state index in [2.05, 4.69) is 65.8 Å². The van der Waals surface area contributed by atoms with Crippen LogP contribution in [0.5, 0.6) is 0 Å². The SMILES string of the molecule is CC(c1cccs1)N(C)Cc1nc(C(c2ccccc2)c2ccccc2)no1. The van der Waals surface area contributed by atoms with E-state index in [0.29, 0.717) is 24.3 Å². The highest BCUT2D eigenvalue weighted by molar-refractivity contribution is 7.10. The fourth-order valence-corrected chi connectivity index (χ4v) is 4.18. The number of rotatable bonds is 7. The first-order chi connectivity index (χ1) is 13.7. The van der Waals surface area contributed by atoms with Gasteiger partial charge in [0, 0.05) is 10.9 Å². The number of aromatic nitrogens is 2. The van der Waals surface area contributed by atoms with Crippen molar-refractivity contribution in [2.45, 2.75) is 25.4 Å². The molecule has 4 nitrogen and oxygen atoms in total. The van der Waals surface area contributed by atoms with Crippen LogP contribution in [0, 0.1) is 0 Å². The van der Waals surface area contributed by atoms with Gasteiger partial charge < -0.3 is 4.52 Å². The molecule has 0 bridgehead atoms. The molecule has 28 heavy (non-hydrogen) atoms. The van der Waals surface area contributed by atoms with Gasteiger partial charge in [-0.05, 0) is 36.5 Å². The molecule has 5 heteroatoms. The fraction of sp³-hybridized carbons (Fsp3) is 0.217. The van der Waals surface area contributed by atoms with E-state index in [1.807, 2.05) is 36.4 Å². The molecule has 2 heterocycles. The molecule has 4 aromatic rings. The number of hydrogen-bond donors (Lipinski definition) is 0. The van der Waals surface area contributed by atoms with Gasteiger partial charge in [-0.3, -0.25) is 4.90 Å². The van der Waals surface area contributed by atoms with Gasteiger partial charge in [0.05, 0.1) is 12.5 Å². The molecule has 4 rings (SSSR count). The largest absolute Gasteiger partial charge is 0.338 e. The highest BCUT2D eigenvalue weighted by Gasteiger charge is 2.23. The van der Waals surface area contributed by atoms with E-state index < -0.39 is 0 Å². The van der Waals surface area contributed by atoms with Gasteiger partial charge in [-0.15, -0.1) is 11.3 Å². The van der Waals surface area contributed by atoms with Crippen molar-refractivity contribution in [1.29, 1.82) is 0 Å². The summed E-state index contributed by atoms with van der Waals surface area (Å²) in [7, 11) is 2.08. The zero-order valence-electron chi connectivity index (χ0n) is 16.0. The van der Waals surface area contributed by atoms with Crippen molar-refractivity contribution < 1.29 is 4.52 Å². The molecule has 2 aromatic carbocycles. The Balaban J connectivity index is 1.58. The minimum atomic E-state index is -0.0417. The molecular formula is C23H23N3OS. The summed E-state index contributed by atoms with van der Waals surface area (Å²) in [6.45, 7) is 2.81. The highest BCUT2D eigenvalue weighted by atomic mass is 32.1. The van der Waals surface area contributed by atoms with E-state index >= 15 is 0 Å². The Morgan fingerprint density at radius 1 is 0.929 bits per heavy atom. The minimum Gasteiger partial charge on any atom is -0.338 e. The van der Waals surface area contributed by atoms with Gasteiger partial charge in [0.15, 0.2) is 5.82 Å². The minimum absolute atomic E-state index is 0.0417. The fourth-order valence-electron chi connectivity index (χ4n) is 3.33. The van der Waals surface area contributed by atoms with Crippen molar-refractivity contribution >= 4 is 11.3 Å². The van der Waals surface area contributed by atoms with Crippen molar-refractivity contribution in [3.05, 3.63) is 106 Å². The summed E-state index contributed by atoms with van der Waals surface area (Å²) in [6, 6.07) is 25.2. The van der Waals surface area contributed by atoms with Gasteiger partial charge in [0.25, 0.3) is 0 Å². The Kier molecular flexibility index (Phi) is 5.65. The maximum atomic E-state index is 5.63. The van der Waals surface area contributed by atoms with Crippen LogP contribution in [0.4, 0.5) is 0 Å². The molecule has 0 amide bonds. The number of nitrogens with zero attached hydrogens (tertiary/aromatic N) is 3.